The third kappa shape index (κ3) is 9.49. The van der Waals surface area contributed by atoms with Crippen LogP contribution in [0, 0.1) is 5.92 Å². The van der Waals surface area contributed by atoms with E-state index in [-0.39, 0.29) is 19.1 Å². The van der Waals surface area contributed by atoms with Crippen LogP contribution in [0.3, 0.4) is 0 Å². The van der Waals surface area contributed by atoms with E-state index < -0.39 is 35.5 Å². The molecule has 0 saturated carbocycles. The summed E-state index contributed by atoms with van der Waals surface area (Å²) in [6.45, 7) is 9.77. The summed E-state index contributed by atoms with van der Waals surface area (Å²) < 4.78 is 22.2. The largest absolute Gasteiger partial charge is 0.489 e. The molecule has 3 aromatic carbocycles. The Hall–Kier alpha value is -4.53. The molecule has 0 aliphatic carbocycles. The van der Waals surface area contributed by atoms with Crippen molar-refractivity contribution in [2.45, 2.75) is 71.8 Å². The number of hydrogen-bond acceptors (Lipinski definition) is 7. The lowest BCUT2D eigenvalue weighted by Gasteiger charge is -2.27. The van der Waals surface area contributed by atoms with Gasteiger partial charge >= 0.3 is 5.97 Å². The molecule has 0 spiro atoms. The highest BCUT2D eigenvalue weighted by molar-refractivity contribution is 5.98. The molecule has 1 heterocycles. The molecule has 228 valence electrons. The van der Waals surface area contributed by atoms with E-state index in [0.717, 1.165) is 11.1 Å². The van der Waals surface area contributed by atoms with Gasteiger partial charge in [-0.25, -0.2) is 4.79 Å². The minimum absolute atomic E-state index is 0.0915. The van der Waals surface area contributed by atoms with Gasteiger partial charge in [0.1, 0.15) is 30.0 Å². The fraction of sp³-hybridized carbons (Fsp3) is 0.382. The normalized spacial score (nSPS) is 13.6. The number of hydrogen-bond donors (Lipinski definition) is 2. The van der Waals surface area contributed by atoms with Crippen molar-refractivity contribution in [1.29, 1.82) is 0 Å². The Balaban J connectivity index is 1.45. The number of carbonyl (C=O) groups is 3. The van der Waals surface area contributed by atoms with Crippen molar-refractivity contribution in [3.8, 4) is 17.2 Å². The van der Waals surface area contributed by atoms with Crippen molar-refractivity contribution in [1.82, 2.24) is 10.6 Å². The van der Waals surface area contributed by atoms with Crippen LogP contribution in [-0.4, -0.2) is 42.3 Å². The molecule has 9 heteroatoms. The van der Waals surface area contributed by atoms with E-state index in [1.54, 1.807) is 39.0 Å². The molecule has 4 rings (SSSR count). The highest BCUT2D eigenvalue weighted by Crippen LogP contribution is 2.32. The SMILES string of the molecule is CC(C)C[C@H](NC(=O)c1ccc2c(c1)OCO2)C(=O)N[C@@H](Cc1ccc(OCc2ccccc2)cc1)C(=O)OC(C)(C)C. The number of carbonyl (C=O) groups excluding carboxylic acids is 3. The first-order chi connectivity index (χ1) is 20.5. The highest BCUT2D eigenvalue weighted by Gasteiger charge is 2.31. The molecule has 0 saturated heterocycles. The van der Waals surface area contributed by atoms with Crippen molar-refractivity contribution in [3.05, 3.63) is 89.5 Å². The zero-order chi connectivity index (χ0) is 31.0. The van der Waals surface area contributed by atoms with Gasteiger partial charge < -0.3 is 29.6 Å². The summed E-state index contributed by atoms with van der Waals surface area (Å²) >= 11 is 0. The minimum atomic E-state index is -0.972. The van der Waals surface area contributed by atoms with Gasteiger partial charge in [-0.3, -0.25) is 9.59 Å². The maximum Gasteiger partial charge on any atom is 0.329 e. The number of amides is 2. The van der Waals surface area contributed by atoms with E-state index >= 15 is 0 Å². The third-order valence-corrected chi connectivity index (χ3v) is 6.58. The van der Waals surface area contributed by atoms with E-state index in [1.165, 1.54) is 0 Å². The standard InChI is InChI=1S/C34H40N2O7/c1-22(2)17-27(35-31(37)25-13-16-29-30(19-25)42-21-41-29)32(38)36-28(33(39)43-34(3,4)5)18-23-11-14-26(15-12-23)40-20-24-9-7-6-8-10-24/h6-16,19,22,27-28H,17-18,20-21H2,1-5H3,(H,35,37)(H,36,38)/t27-,28-/m0/s1. The molecular weight excluding hydrogens is 548 g/mol. The Morgan fingerprint density at radius 2 is 1.53 bits per heavy atom. The van der Waals surface area contributed by atoms with Crippen LogP contribution in [0.4, 0.5) is 0 Å². The van der Waals surface area contributed by atoms with Gasteiger partial charge in [-0.05, 0) is 74.6 Å². The quantitative estimate of drug-likeness (QED) is 0.280. The van der Waals surface area contributed by atoms with Crippen LogP contribution in [-0.2, 0) is 27.4 Å². The summed E-state index contributed by atoms with van der Waals surface area (Å²) in [5.74, 6) is 0.351. The van der Waals surface area contributed by atoms with Crippen LogP contribution in [0.2, 0.25) is 0 Å². The molecule has 0 bridgehead atoms. The third-order valence-electron chi connectivity index (χ3n) is 6.58. The molecular formula is C34H40N2O7. The van der Waals surface area contributed by atoms with Crippen LogP contribution in [0.1, 0.15) is 62.5 Å². The van der Waals surface area contributed by atoms with Crippen molar-refractivity contribution < 1.29 is 33.3 Å². The van der Waals surface area contributed by atoms with Gasteiger partial charge in [-0.2, -0.15) is 0 Å². The lowest BCUT2D eigenvalue weighted by atomic mass is 10.0. The number of rotatable bonds is 12. The Morgan fingerprint density at radius 1 is 0.837 bits per heavy atom. The molecule has 0 unspecified atom stereocenters. The second-order valence-electron chi connectivity index (χ2n) is 11.9. The molecule has 0 fully saturated rings. The second-order valence-corrected chi connectivity index (χ2v) is 11.9. The van der Waals surface area contributed by atoms with Gasteiger partial charge in [0, 0.05) is 12.0 Å². The van der Waals surface area contributed by atoms with E-state index in [4.69, 9.17) is 18.9 Å². The molecule has 2 amide bonds. The Labute approximate surface area is 252 Å². The fourth-order valence-corrected chi connectivity index (χ4v) is 4.52. The molecule has 2 N–H and O–H groups in total. The van der Waals surface area contributed by atoms with Crippen molar-refractivity contribution >= 4 is 17.8 Å². The Morgan fingerprint density at radius 3 is 2.21 bits per heavy atom. The van der Waals surface area contributed by atoms with Crippen LogP contribution >= 0.6 is 0 Å². The van der Waals surface area contributed by atoms with Gasteiger partial charge in [0.25, 0.3) is 5.91 Å². The molecule has 0 aromatic heterocycles. The predicted octanol–water partition coefficient (Wildman–Crippen LogP) is 5.21. The van der Waals surface area contributed by atoms with Gasteiger partial charge in [-0.1, -0.05) is 56.3 Å². The summed E-state index contributed by atoms with van der Waals surface area (Å²) in [4.78, 5) is 40.0. The topological polar surface area (TPSA) is 112 Å². The first kappa shape index (κ1) is 31.4. The van der Waals surface area contributed by atoms with E-state index in [2.05, 4.69) is 10.6 Å². The minimum Gasteiger partial charge on any atom is -0.489 e. The molecule has 9 nitrogen and oxygen atoms in total. The number of nitrogens with one attached hydrogen (secondary N) is 2. The van der Waals surface area contributed by atoms with E-state index in [0.29, 0.717) is 35.8 Å². The summed E-state index contributed by atoms with van der Waals surface area (Å²) in [5, 5.41) is 5.68. The Kier molecular flexibility index (Phi) is 10.3. The average molecular weight is 589 g/mol. The molecule has 0 radical (unpaired) electrons. The van der Waals surface area contributed by atoms with Gasteiger partial charge in [0.2, 0.25) is 12.7 Å². The summed E-state index contributed by atoms with van der Waals surface area (Å²) in [7, 11) is 0. The first-order valence-corrected chi connectivity index (χ1v) is 14.5. The average Bonchev–Trinajstić information content (AvgIpc) is 3.43. The van der Waals surface area contributed by atoms with E-state index in [9.17, 15) is 14.4 Å². The summed E-state index contributed by atoms with van der Waals surface area (Å²) in [6.07, 6.45) is 0.570. The number of esters is 1. The maximum absolute atomic E-state index is 13.6. The smallest absolute Gasteiger partial charge is 0.329 e. The van der Waals surface area contributed by atoms with Crippen LogP contribution in [0.5, 0.6) is 17.2 Å². The molecule has 2 atom stereocenters. The first-order valence-electron chi connectivity index (χ1n) is 14.5. The number of benzene rings is 3. The van der Waals surface area contributed by atoms with Crippen LogP contribution in [0.15, 0.2) is 72.8 Å². The lowest BCUT2D eigenvalue weighted by molar-refractivity contribution is -0.158. The lowest BCUT2D eigenvalue weighted by Crippen LogP contribution is -2.53. The van der Waals surface area contributed by atoms with Gasteiger partial charge in [-0.15, -0.1) is 0 Å². The molecule has 43 heavy (non-hydrogen) atoms. The van der Waals surface area contributed by atoms with E-state index in [1.807, 2.05) is 68.4 Å². The Bertz CT molecular complexity index is 1400. The monoisotopic (exact) mass is 588 g/mol. The second kappa shape index (κ2) is 14.1. The van der Waals surface area contributed by atoms with Crippen LogP contribution < -0.4 is 24.8 Å². The van der Waals surface area contributed by atoms with Crippen molar-refractivity contribution in [2.24, 2.45) is 5.92 Å². The van der Waals surface area contributed by atoms with Crippen molar-refractivity contribution in [2.75, 3.05) is 6.79 Å². The zero-order valence-electron chi connectivity index (χ0n) is 25.3. The molecule has 1 aliphatic rings. The number of fused-ring (bicyclic) bond motifs is 1. The number of ether oxygens (including phenoxy) is 4. The van der Waals surface area contributed by atoms with Gasteiger partial charge in [0.15, 0.2) is 11.5 Å². The molecule has 1 aliphatic heterocycles. The van der Waals surface area contributed by atoms with Crippen molar-refractivity contribution in [3.63, 3.8) is 0 Å². The summed E-state index contributed by atoms with van der Waals surface area (Å²) in [6, 6.07) is 20.2. The zero-order valence-corrected chi connectivity index (χ0v) is 25.3. The maximum atomic E-state index is 13.6. The van der Waals surface area contributed by atoms with Gasteiger partial charge in [0.05, 0.1) is 0 Å². The summed E-state index contributed by atoms with van der Waals surface area (Å²) in [5.41, 5.74) is 1.46. The predicted molar refractivity (Wildman–Crippen MR) is 162 cm³/mol. The fourth-order valence-electron chi connectivity index (χ4n) is 4.52. The van der Waals surface area contributed by atoms with Crippen LogP contribution in [0.25, 0.3) is 0 Å². The highest BCUT2D eigenvalue weighted by atomic mass is 16.7. The molecule has 3 aromatic rings.